The maximum Gasteiger partial charge on any atom is 0.123 e. The summed E-state index contributed by atoms with van der Waals surface area (Å²) in [6.07, 6.45) is 5.08. The van der Waals surface area contributed by atoms with Gasteiger partial charge in [-0.15, -0.1) is 0 Å². The lowest BCUT2D eigenvalue weighted by Gasteiger charge is -2.14. The van der Waals surface area contributed by atoms with Crippen molar-refractivity contribution < 1.29 is 9.13 Å². The van der Waals surface area contributed by atoms with Crippen LogP contribution in [0, 0.1) is 5.82 Å². The lowest BCUT2D eigenvalue weighted by molar-refractivity contribution is 0.306. The van der Waals surface area contributed by atoms with E-state index in [-0.39, 0.29) is 5.82 Å². The topological polar surface area (TPSA) is 61.0 Å². The summed E-state index contributed by atoms with van der Waals surface area (Å²) in [5.41, 5.74) is 11.1. The van der Waals surface area contributed by atoms with E-state index in [0.29, 0.717) is 29.3 Å². The van der Waals surface area contributed by atoms with Crippen LogP contribution in [0.3, 0.4) is 0 Å². The van der Waals surface area contributed by atoms with Gasteiger partial charge in [0.2, 0.25) is 0 Å². The number of ether oxygens (including phenoxy) is 1. The maximum atomic E-state index is 13.4. The molecule has 2 aromatic carbocycles. The van der Waals surface area contributed by atoms with E-state index in [1.54, 1.807) is 30.7 Å². The van der Waals surface area contributed by atoms with Crippen molar-refractivity contribution in [1.82, 2.24) is 9.97 Å². The Balaban J connectivity index is 1.73. The zero-order valence-electron chi connectivity index (χ0n) is 16.2. The van der Waals surface area contributed by atoms with Crippen LogP contribution in [0.1, 0.15) is 22.4 Å². The van der Waals surface area contributed by atoms with Crippen molar-refractivity contribution >= 4 is 11.3 Å². The molecule has 0 saturated heterocycles. The van der Waals surface area contributed by atoms with E-state index in [0.717, 1.165) is 16.7 Å². The third kappa shape index (κ3) is 4.52. The highest BCUT2D eigenvalue weighted by Crippen LogP contribution is 2.30. The van der Waals surface area contributed by atoms with Crippen molar-refractivity contribution in [2.75, 3.05) is 0 Å². The van der Waals surface area contributed by atoms with Crippen molar-refractivity contribution in [3.05, 3.63) is 126 Å². The average molecular weight is 397 g/mol. The van der Waals surface area contributed by atoms with Crippen LogP contribution in [0.15, 0.2) is 97.5 Å². The summed E-state index contributed by atoms with van der Waals surface area (Å²) in [6, 6.07) is 23.4. The zero-order chi connectivity index (χ0) is 20.8. The van der Waals surface area contributed by atoms with Crippen molar-refractivity contribution in [3.8, 4) is 5.75 Å². The first-order valence-corrected chi connectivity index (χ1v) is 9.50. The number of benzene rings is 2. The predicted octanol–water partition coefficient (Wildman–Crippen LogP) is 5.07. The Morgan fingerprint density at radius 3 is 2.30 bits per heavy atom. The molecule has 0 fully saturated rings. The molecule has 4 nitrogen and oxygen atoms in total. The van der Waals surface area contributed by atoms with Crippen LogP contribution in [-0.4, -0.2) is 9.97 Å². The van der Waals surface area contributed by atoms with Gasteiger partial charge >= 0.3 is 0 Å². The van der Waals surface area contributed by atoms with Crippen LogP contribution in [0.4, 0.5) is 4.39 Å². The molecule has 0 aliphatic carbocycles. The molecule has 4 rings (SSSR count). The lowest BCUT2D eigenvalue weighted by atomic mass is 9.97. The Bertz CT molecular complexity index is 1140. The summed E-state index contributed by atoms with van der Waals surface area (Å²) in [7, 11) is 0. The Morgan fingerprint density at radius 2 is 1.57 bits per heavy atom. The number of hydrogen-bond donors (Lipinski definition) is 1. The second-order valence-corrected chi connectivity index (χ2v) is 6.68. The van der Waals surface area contributed by atoms with Gasteiger partial charge in [0.25, 0.3) is 0 Å². The molecular weight excluding hydrogens is 377 g/mol. The summed E-state index contributed by atoms with van der Waals surface area (Å²) in [5.74, 6) is 0.369. The van der Waals surface area contributed by atoms with Gasteiger partial charge in [-0.25, -0.2) is 4.39 Å². The Kier molecular flexibility index (Phi) is 5.80. The molecule has 0 bridgehead atoms. The molecule has 30 heavy (non-hydrogen) atoms. The van der Waals surface area contributed by atoms with Gasteiger partial charge in [-0.1, -0.05) is 30.3 Å². The van der Waals surface area contributed by atoms with Crippen LogP contribution in [0.25, 0.3) is 11.3 Å². The number of halogens is 1. The Labute approximate surface area is 174 Å². The molecule has 4 aromatic rings. The molecule has 0 aliphatic rings. The van der Waals surface area contributed by atoms with Gasteiger partial charge in [0.05, 0.1) is 5.69 Å². The molecule has 0 aliphatic heterocycles. The second-order valence-electron chi connectivity index (χ2n) is 6.68. The van der Waals surface area contributed by atoms with Crippen LogP contribution in [-0.2, 0) is 6.61 Å². The van der Waals surface area contributed by atoms with Gasteiger partial charge in [0.15, 0.2) is 0 Å². The van der Waals surface area contributed by atoms with E-state index in [2.05, 4.69) is 9.97 Å². The molecule has 0 atom stereocenters. The fourth-order valence-corrected chi connectivity index (χ4v) is 3.11. The molecule has 0 unspecified atom stereocenters. The lowest BCUT2D eigenvalue weighted by Crippen LogP contribution is -2.05. The van der Waals surface area contributed by atoms with E-state index < -0.39 is 0 Å². The summed E-state index contributed by atoms with van der Waals surface area (Å²) in [6.45, 7) is 0.450. The third-order valence-electron chi connectivity index (χ3n) is 4.63. The van der Waals surface area contributed by atoms with Gasteiger partial charge in [-0.05, 0) is 59.2 Å². The maximum absolute atomic E-state index is 13.4. The highest BCUT2D eigenvalue weighted by Gasteiger charge is 2.14. The SMILES string of the molecule is NC(=C(c1ccncc1)c1cc(OCc2ccccc2)ccn1)c1ccc(F)cc1. The molecule has 5 heteroatoms. The van der Waals surface area contributed by atoms with Crippen molar-refractivity contribution in [2.45, 2.75) is 6.61 Å². The van der Waals surface area contributed by atoms with E-state index in [9.17, 15) is 4.39 Å². The summed E-state index contributed by atoms with van der Waals surface area (Å²) in [4.78, 5) is 8.61. The number of rotatable bonds is 6. The molecule has 148 valence electrons. The Hall–Kier alpha value is -3.99. The van der Waals surface area contributed by atoms with Crippen molar-refractivity contribution in [3.63, 3.8) is 0 Å². The molecular formula is C25H20FN3O. The first-order valence-electron chi connectivity index (χ1n) is 9.50. The zero-order valence-corrected chi connectivity index (χ0v) is 16.2. The molecule has 0 amide bonds. The monoisotopic (exact) mass is 397 g/mol. The fraction of sp³-hybridized carbons (Fsp3) is 0.0400. The van der Waals surface area contributed by atoms with Crippen LogP contribution < -0.4 is 10.5 Å². The Morgan fingerprint density at radius 1 is 0.833 bits per heavy atom. The van der Waals surface area contributed by atoms with E-state index in [4.69, 9.17) is 10.5 Å². The average Bonchev–Trinajstić information content (AvgIpc) is 2.80. The van der Waals surface area contributed by atoms with Gasteiger partial charge in [0.1, 0.15) is 18.2 Å². The molecule has 2 aromatic heterocycles. The van der Waals surface area contributed by atoms with E-state index in [1.807, 2.05) is 54.6 Å². The minimum atomic E-state index is -0.313. The highest BCUT2D eigenvalue weighted by molar-refractivity contribution is 5.96. The smallest absolute Gasteiger partial charge is 0.123 e. The largest absolute Gasteiger partial charge is 0.489 e. The number of aromatic nitrogens is 2. The van der Waals surface area contributed by atoms with E-state index in [1.165, 1.54) is 12.1 Å². The number of nitrogens with two attached hydrogens (primary N) is 1. The molecule has 0 radical (unpaired) electrons. The molecule has 2 N–H and O–H groups in total. The summed E-state index contributed by atoms with van der Waals surface area (Å²) < 4.78 is 19.3. The summed E-state index contributed by atoms with van der Waals surface area (Å²) in [5, 5.41) is 0. The first-order chi connectivity index (χ1) is 14.7. The minimum Gasteiger partial charge on any atom is -0.489 e. The standard InChI is InChI=1S/C25H20FN3O/c26-21-8-6-20(7-9-21)25(27)24(19-10-13-28-14-11-19)23-16-22(12-15-29-23)30-17-18-4-2-1-3-5-18/h1-16H,17,27H2. The van der Waals surface area contributed by atoms with E-state index >= 15 is 0 Å². The molecule has 2 heterocycles. The van der Waals surface area contributed by atoms with Gasteiger partial charge < -0.3 is 10.5 Å². The van der Waals surface area contributed by atoms with Crippen molar-refractivity contribution in [2.24, 2.45) is 5.73 Å². The van der Waals surface area contributed by atoms with Gasteiger partial charge in [0, 0.05) is 35.9 Å². The fourth-order valence-electron chi connectivity index (χ4n) is 3.11. The van der Waals surface area contributed by atoms with Crippen LogP contribution >= 0.6 is 0 Å². The van der Waals surface area contributed by atoms with Gasteiger partial charge in [-0.3, -0.25) is 9.97 Å². The highest BCUT2D eigenvalue weighted by atomic mass is 19.1. The summed E-state index contributed by atoms with van der Waals surface area (Å²) >= 11 is 0. The van der Waals surface area contributed by atoms with Gasteiger partial charge in [-0.2, -0.15) is 0 Å². The first kappa shape index (κ1) is 19.3. The molecule has 0 saturated carbocycles. The quantitative estimate of drug-likeness (QED) is 0.493. The second kappa shape index (κ2) is 9.01. The molecule has 0 spiro atoms. The number of pyridine rings is 2. The van der Waals surface area contributed by atoms with Crippen LogP contribution in [0.2, 0.25) is 0 Å². The predicted molar refractivity (Wildman–Crippen MR) is 116 cm³/mol. The third-order valence-corrected chi connectivity index (χ3v) is 4.63. The normalized spacial score (nSPS) is 11.6. The number of hydrogen-bond acceptors (Lipinski definition) is 4. The van der Waals surface area contributed by atoms with Crippen molar-refractivity contribution in [1.29, 1.82) is 0 Å². The van der Waals surface area contributed by atoms with Crippen LogP contribution in [0.5, 0.6) is 5.75 Å². The number of nitrogens with zero attached hydrogens (tertiary/aromatic N) is 2. The minimum absolute atomic E-state index is 0.313.